The third-order valence-corrected chi connectivity index (χ3v) is 6.63. The molecule has 1 amide bonds. The van der Waals surface area contributed by atoms with Crippen LogP contribution in [0.4, 0.5) is 23.7 Å². The van der Waals surface area contributed by atoms with Gasteiger partial charge >= 0.3 is 18.2 Å². The van der Waals surface area contributed by atoms with Crippen molar-refractivity contribution in [2.24, 2.45) is 0 Å². The minimum atomic E-state index is -4.52. The average molecular weight is 582 g/mol. The van der Waals surface area contributed by atoms with Crippen LogP contribution in [-0.4, -0.2) is 50.1 Å². The van der Waals surface area contributed by atoms with Crippen molar-refractivity contribution in [1.29, 1.82) is 0 Å². The molecule has 0 spiro atoms. The Balaban J connectivity index is 1.31. The molecule has 0 unspecified atom stereocenters. The molecule has 0 saturated carbocycles. The van der Waals surface area contributed by atoms with Crippen LogP contribution in [0.15, 0.2) is 54.9 Å². The Bertz CT molecular complexity index is 1660. The summed E-state index contributed by atoms with van der Waals surface area (Å²) in [5, 5.41) is 3.25. The van der Waals surface area contributed by atoms with Gasteiger partial charge in [0.2, 0.25) is 5.88 Å². The predicted molar refractivity (Wildman–Crippen MR) is 149 cm³/mol. The van der Waals surface area contributed by atoms with Crippen LogP contribution < -0.4 is 10.1 Å². The number of carbonyl (C=O) groups is 2. The van der Waals surface area contributed by atoms with Crippen LogP contribution in [0.1, 0.15) is 43.3 Å². The molecule has 2 aromatic carbocycles. The Morgan fingerprint density at radius 2 is 1.83 bits per heavy atom. The summed E-state index contributed by atoms with van der Waals surface area (Å²) in [6.07, 6.45) is -2.51. The number of anilines is 1. The first kappa shape index (κ1) is 29.1. The molecule has 9 nitrogen and oxygen atoms in total. The number of hydrogen-bond acceptors (Lipinski definition) is 7. The van der Waals surface area contributed by atoms with E-state index in [9.17, 15) is 22.8 Å². The number of aromatic nitrogens is 3. The number of hydrogen-bond donors (Lipinski definition) is 1. The Morgan fingerprint density at radius 1 is 1.05 bits per heavy atom. The maximum atomic E-state index is 13.1. The van der Waals surface area contributed by atoms with Crippen molar-refractivity contribution >= 4 is 28.6 Å². The molecule has 1 aliphatic heterocycles. The summed E-state index contributed by atoms with van der Waals surface area (Å²) in [6, 6.07) is 10.9. The van der Waals surface area contributed by atoms with Gasteiger partial charge in [0.25, 0.3) is 0 Å². The molecule has 42 heavy (non-hydrogen) atoms. The number of fused-ring (bicyclic) bond motifs is 2. The second-order valence-electron chi connectivity index (χ2n) is 11.1. The SMILES string of the molecule is Cc1cc2cc(Oc3ncnc4c3CCN(CC(=O)OC(C)(C)C)C4)ccc2n1C(=O)Nc1cccc(C(F)(F)F)c1. The fourth-order valence-electron chi connectivity index (χ4n) is 4.89. The molecule has 0 saturated heterocycles. The Morgan fingerprint density at radius 3 is 2.57 bits per heavy atom. The number of amides is 1. The molecule has 12 heteroatoms. The zero-order valence-corrected chi connectivity index (χ0v) is 23.6. The summed E-state index contributed by atoms with van der Waals surface area (Å²) >= 11 is 0. The molecule has 3 heterocycles. The highest BCUT2D eigenvalue weighted by atomic mass is 19.4. The quantitative estimate of drug-likeness (QED) is 0.275. The number of alkyl halides is 3. The van der Waals surface area contributed by atoms with E-state index in [4.69, 9.17) is 9.47 Å². The fourth-order valence-corrected chi connectivity index (χ4v) is 4.89. The third-order valence-electron chi connectivity index (χ3n) is 6.63. The summed E-state index contributed by atoms with van der Waals surface area (Å²) in [5.41, 5.74) is 1.41. The van der Waals surface area contributed by atoms with Crippen LogP contribution >= 0.6 is 0 Å². The summed E-state index contributed by atoms with van der Waals surface area (Å²) in [5.74, 6) is 0.611. The van der Waals surface area contributed by atoms with Gasteiger partial charge in [0, 0.05) is 35.4 Å². The number of aryl methyl sites for hydroxylation is 1. The van der Waals surface area contributed by atoms with Crippen molar-refractivity contribution in [2.45, 2.75) is 52.4 Å². The van der Waals surface area contributed by atoms with Crippen molar-refractivity contribution in [3.63, 3.8) is 0 Å². The Labute approximate surface area is 240 Å². The van der Waals surface area contributed by atoms with E-state index in [1.165, 1.54) is 23.0 Å². The van der Waals surface area contributed by atoms with Crippen LogP contribution in [0.5, 0.6) is 11.6 Å². The number of rotatable bonds is 5. The first-order valence-corrected chi connectivity index (χ1v) is 13.3. The topological polar surface area (TPSA) is 98.6 Å². The van der Waals surface area contributed by atoms with Gasteiger partial charge in [0.15, 0.2) is 0 Å². The van der Waals surface area contributed by atoms with Crippen molar-refractivity contribution in [3.8, 4) is 11.6 Å². The summed E-state index contributed by atoms with van der Waals surface area (Å²) in [4.78, 5) is 36.0. The van der Waals surface area contributed by atoms with Gasteiger partial charge < -0.3 is 14.8 Å². The smallest absolute Gasteiger partial charge is 0.416 e. The molecule has 0 radical (unpaired) electrons. The monoisotopic (exact) mass is 581 g/mol. The molecular formula is C30H30F3N5O4. The number of nitrogens with zero attached hydrogens (tertiary/aromatic N) is 4. The fraction of sp³-hybridized carbons (Fsp3) is 0.333. The zero-order chi connectivity index (χ0) is 30.2. The predicted octanol–water partition coefficient (Wildman–Crippen LogP) is 6.33. The first-order valence-electron chi connectivity index (χ1n) is 13.3. The van der Waals surface area contributed by atoms with Crippen molar-refractivity contribution in [1.82, 2.24) is 19.4 Å². The number of esters is 1. The van der Waals surface area contributed by atoms with Gasteiger partial charge in [0.05, 0.1) is 23.3 Å². The summed E-state index contributed by atoms with van der Waals surface area (Å²) in [7, 11) is 0. The zero-order valence-electron chi connectivity index (χ0n) is 23.6. The van der Waals surface area contributed by atoms with Crippen LogP contribution in [0.2, 0.25) is 0 Å². The minimum Gasteiger partial charge on any atom is -0.459 e. The molecule has 220 valence electrons. The van der Waals surface area contributed by atoms with Crippen molar-refractivity contribution < 1.29 is 32.2 Å². The van der Waals surface area contributed by atoms with Gasteiger partial charge in [-0.05, 0) is 76.6 Å². The lowest BCUT2D eigenvalue weighted by atomic mass is 10.1. The Kier molecular flexibility index (Phi) is 7.67. The van der Waals surface area contributed by atoms with Crippen LogP contribution in [0.3, 0.4) is 0 Å². The second kappa shape index (κ2) is 11.1. The van der Waals surface area contributed by atoms with E-state index in [0.29, 0.717) is 47.7 Å². The molecule has 1 N–H and O–H groups in total. The molecule has 0 aliphatic carbocycles. The van der Waals surface area contributed by atoms with Crippen LogP contribution in [0.25, 0.3) is 10.9 Å². The van der Waals surface area contributed by atoms with Gasteiger partial charge in [0.1, 0.15) is 17.7 Å². The van der Waals surface area contributed by atoms with Gasteiger partial charge in [-0.25, -0.2) is 14.8 Å². The number of nitrogens with one attached hydrogen (secondary N) is 1. The van der Waals surface area contributed by atoms with Crippen LogP contribution in [0, 0.1) is 6.92 Å². The van der Waals surface area contributed by atoms with Crippen molar-refractivity contribution in [3.05, 3.63) is 77.4 Å². The maximum absolute atomic E-state index is 13.1. The number of carbonyl (C=O) groups excluding carboxylic acids is 2. The number of ether oxygens (including phenoxy) is 2. The lowest BCUT2D eigenvalue weighted by Crippen LogP contribution is -2.38. The molecule has 5 rings (SSSR count). The molecule has 2 aromatic heterocycles. The Hall–Kier alpha value is -4.45. The van der Waals surface area contributed by atoms with Gasteiger partial charge in [-0.3, -0.25) is 14.3 Å². The van der Waals surface area contributed by atoms with E-state index in [-0.39, 0.29) is 18.2 Å². The largest absolute Gasteiger partial charge is 0.459 e. The molecule has 1 aliphatic rings. The summed E-state index contributed by atoms with van der Waals surface area (Å²) in [6.45, 7) is 8.44. The highest BCUT2D eigenvalue weighted by molar-refractivity contribution is 5.99. The van der Waals surface area contributed by atoms with E-state index < -0.39 is 23.4 Å². The maximum Gasteiger partial charge on any atom is 0.416 e. The molecular weight excluding hydrogens is 551 g/mol. The van der Waals surface area contributed by atoms with E-state index in [0.717, 1.165) is 23.4 Å². The summed E-state index contributed by atoms with van der Waals surface area (Å²) < 4.78 is 52.2. The van der Waals surface area contributed by atoms with E-state index in [1.54, 1.807) is 31.2 Å². The van der Waals surface area contributed by atoms with Crippen LogP contribution in [-0.2, 0) is 28.7 Å². The third kappa shape index (κ3) is 6.54. The average Bonchev–Trinajstić information content (AvgIpc) is 3.22. The minimum absolute atomic E-state index is 0.0363. The van der Waals surface area contributed by atoms with Crippen molar-refractivity contribution in [2.75, 3.05) is 18.4 Å². The number of benzene rings is 2. The second-order valence-corrected chi connectivity index (χ2v) is 11.1. The highest BCUT2D eigenvalue weighted by Gasteiger charge is 2.31. The normalized spacial score (nSPS) is 14.0. The highest BCUT2D eigenvalue weighted by Crippen LogP contribution is 2.33. The molecule has 4 aromatic rings. The molecule has 0 atom stereocenters. The van der Waals surface area contributed by atoms with E-state index in [1.807, 2.05) is 25.7 Å². The van der Waals surface area contributed by atoms with E-state index >= 15 is 0 Å². The van der Waals surface area contributed by atoms with Gasteiger partial charge in [-0.15, -0.1) is 0 Å². The molecule has 0 bridgehead atoms. The lowest BCUT2D eigenvalue weighted by Gasteiger charge is -2.29. The number of halogens is 3. The molecule has 0 fully saturated rings. The van der Waals surface area contributed by atoms with Gasteiger partial charge in [-0.1, -0.05) is 6.07 Å². The lowest BCUT2D eigenvalue weighted by molar-refractivity contribution is -0.156. The first-order chi connectivity index (χ1) is 19.8. The standard InChI is InChI=1S/C30H30F3N5O4/c1-18-12-19-13-22(8-9-25(19)38(18)28(40)36-21-7-5-6-20(14-21)30(31,32)33)41-27-23-10-11-37(15-24(23)34-17-35-27)16-26(39)42-29(2,3)4/h5-9,12-14,17H,10-11,15-16H2,1-4H3,(H,36,40). The van der Waals surface area contributed by atoms with E-state index in [2.05, 4.69) is 15.3 Å². The van der Waals surface area contributed by atoms with Gasteiger partial charge in [-0.2, -0.15) is 13.2 Å².